The molecule has 9 heteroatoms. The van der Waals surface area contributed by atoms with Gasteiger partial charge in [-0.25, -0.2) is 4.98 Å². The molecule has 3 aromatic carbocycles. The summed E-state index contributed by atoms with van der Waals surface area (Å²) < 4.78 is 8.75. The third-order valence-electron chi connectivity index (χ3n) is 5.56. The lowest BCUT2D eigenvalue weighted by molar-refractivity contribution is 0.304. The van der Waals surface area contributed by atoms with Crippen LogP contribution < -0.4 is 10.3 Å². The normalized spacial score (nSPS) is 12.4. The highest BCUT2D eigenvalue weighted by molar-refractivity contribution is 9.10. The van der Waals surface area contributed by atoms with Crippen molar-refractivity contribution in [3.63, 3.8) is 0 Å². The number of nitrogens with zero attached hydrogens (tertiary/aromatic N) is 3. The van der Waals surface area contributed by atoms with E-state index in [1.165, 1.54) is 4.68 Å². The van der Waals surface area contributed by atoms with Gasteiger partial charge in [-0.15, -0.1) is 0 Å². The molecule has 0 N–H and O–H groups in total. The molecule has 180 valence electrons. The molecule has 35 heavy (non-hydrogen) atoms. The highest BCUT2D eigenvalue weighted by atomic mass is 79.9. The van der Waals surface area contributed by atoms with Crippen LogP contribution in [0, 0.1) is 0 Å². The summed E-state index contributed by atoms with van der Waals surface area (Å²) >= 11 is 19.7. The van der Waals surface area contributed by atoms with E-state index in [4.69, 9.17) is 32.9 Å². The summed E-state index contributed by atoms with van der Waals surface area (Å²) in [4.78, 5) is 18.0. The maximum Gasteiger partial charge on any atom is 0.282 e. The van der Waals surface area contributed by atoms with Gasteiger partial charge in [0.05, 0.1) is 26.6 Å². The zero-order valence-corrected chi connectivity index (χ0v) is 23.6. The number of halogens is 4. The van der Waals surface area contributed by atoms with E-state index in [1.54, 1.807) is 18.3 Å². The van der Waals surface area contributed by atoms with Gasteiger partial charge in [-0.2, -0.15) is 9.78 Å². The van der Waals surface area contributed by atoms with Crippen LogP contribution in [0.5, 0.6) is 5.75 Å². The van der Waals surface area contributed by atoms with Crippen LogP contribution >= 0.6 is 55.1 Å². The Morgan fingerprint density at radius 3 is 2.60 bits per heavy atom. The summed E-state index contributed by atoms with van der Waals surface area (Å²) in [7, 11) is 0. The number of aromatic nitrogens is 2. The largest absolute Gasteiger partial charge is 0.486 e. The quantitative estimate of drug-likeness (QED) is 0.192. The Bertz CT molecular complexity index is 1460. The lowest BCUT2D eigenvalue weighted by Gasteiger charge is -2.14. The van der Waals surface area contributed by atoms with Gasteiger partial charge in [0.25, 0.3) is 5.56 Å². The second kappa shape index (κ2) is 11.2. The van der Waals surface area contributed by atoms with Crippen LogP contribution in [0.4, 0.5) is 0 Å². The molecule has 0 saturated heterocycles. The summed E-state index contributed by atoms with van der Waals surface area (Å²) in [6, 6.07) is 16.5. The van der Waals surface area contributed by atoms with Crippen molar-refractivity contribution in [1.29, 1.82) is 0 Å². The number of fused-ring (bicyclic) bond motifs is 1. The van der Waals surface area contributed by atoms with Crippen LogP contribution in [0.1, 0.15) is 43.1 Å². The predicted molar refractivity (Wildman–Crippen MR) is 150 cm³/mol. The molecule has 0 fully saturated rings. The van der Waals surface area contributed by atoms with Crippen LogP contribution in [-0.4, -0.2) is 15.9 Å². The molecule has 4 aromatic rings. The highest BCUT2D eigenvalue weighted by Gasteiger charge is 2.16. The summed E-state index contributed by atoms with van der Waals surface area (Å²) in [5.74, 6) is 1.15. The molecule has 0 saturated carbocycles. The fraction of sp³-hybridized carbons (Fsp3) is 0.192. The SMILES string of the molecule is CC[C@H](C)c1nc2ccc(Br)cc2c(=O)n1N=Cc1cc(Cl)c(OCc2ccccc2Cl)c(Br)c1. The van der Waals surface area contributed by atoms with Gasteiger partial charge in [-0.1, -0.05) is 71.2 Å². The number of hydrogen-bond donors (Lipinski definition) is 0. The molecule has 5 nitrogen and oxygen atoms in total. The van der Waals surface area contributed by atoms with E-state index in [1.807, 2.05) is 49.4 Å². The van der Waals surface area contributed by atoms with Crippen LogP contribution in [0.25, 0.3) is 10.9 Å². The van der Waals surface area contributed by atoms with Gasteiger partial charge in [-0.05, 0) is 64.3 Å². The fourth-order valence-electron chi connectivity index (χ4n) is 3.46. The molecule has 0 amide bonds. The van der Waals surface area contributed by atoms with Gasteiger partial charge in [0.15, 0.2) is 5.75 Å². The Kier molecular flexibility index (Phi) is 8.32. The third kappa shape index (κ3) is 5.80. The number of benzene rings is 3. The highest BCUT2D eigenvalue weighted by Crippen LogP contribution is 2.35. The minimum Gasteiger partial charge on any atom is -0.486 e. The minimum atomic E-state index is -0.229. The Morgan fingerprint density at radius 2 is 1.89 bits per heavy atom. The monoisotopic (exact) mass is 635 g/mol. The van der Waals surface area contributed by atoms with Crippen molar-refractivity contribution in [2.45, 2.75) is 32.8 Å². The van der Waals surface area contributed by atoms with Crippen LogP contribution in [0.2, 0.25) is 10.0 Å². The summed E-state index contributed by atoms with van der Waals surface area (Å²) in [5.41, 5.74) is 1.97. The molecule has 4 rings (SSSR count). The second-order valence-corrected chi connectivity index (χ2v) is 10.6. The molecule has 0 radical (unpaired) electrons. The Labute approximate surface area is 230 Å². The maximum absolute atomic E-state index is 13.3. The fourth-order valence-corrected chi connectivity index (χ4v) is 5.00. The van der Waals surface area contributed by atoms with E-state index >= 15 is 0 Å². The van der Waals surface area contributed by atoms with Crippen molar-refractivity contribution >= 4 is 72.2 Å². The average molecular weight is 638 g/mol. The van der Waals surface area contributed by atoms with E-state index in [-0.39, 0.29) is 18.1 Å². The Balaban J connectivity index is 1.68. The van der Waals surface area contributed by atoms with Gasteiger partial charge in [-0.3, -0.25) is 4.79 Å². The lowest BCUT2D eigenvalue weighted by atomic mass is 10.1. The van der Waals surface area contributed by atoms with Crippen molar-refractivity contribution < 1.29 is 4.74 Å². The standard InChI is InChI=1S/C26H21Br2Cl2N3O2/c1-3-15(2)25-32-23-9-8-18(27)12-19(23)26(34)33(25)31-13-16-10-20(28)24(22(30)11-16)35-14-17-6-4-5-7-21(17)29/h4-13,15H,3,14H2,1-2H3/t15-/m0/s1. The van der Waals surface area contributed by atoms with Gasteiger partial charge < -0.3 is 4.74 Å². The van der Waals surface area contributed by atoms with Crippen molar-refractivity contribution in [1.82, 2.24) is 9.66 Å². The molecular weight excluding hydrogens is 617 g/mol. The van der Waals surface area contributed by atoms with E-state index < -0.39 is 0 Å². The first-order valence-electron chi connectivity index (χ1n) is 10.9. The van der Waals surface area contributed by atoms with Gasteiger partial charge in [0.1, 0.15) is 12.4 Å². The smallest absolute Gasteiger partial charge is 0.282 e. The first kappa shape index (κ1) is 25.9. The Morgan fingerprint density at radius 1 is 1.11 bits per heavy atom. The average Bonchev–Trinajstić information content (AvgIpc) is 2.83. The molecule has 0 spiro atoms. The van der Waals surface area contributed by atoms with E-state index in [0.29, 0.717) is 42.6 Å². The lowest BCUT2D eigenvalue weighted by Crippen LogP contribution is -2.23. The summed E-state index contributed by atoms with van der Waals surface area (Å²) in [5, 5.41) is 6.03. The van der Waals surface area contributed by atoms with Crippen molar-refractivity contribution in [3.05, 3.63) is 101 Å². The van der Waals surface area contributed by atoms with Crippen molar-refractivity contribution in [2.24, 2.45) is 5.10 Å². The van der Waals surface area contributed by atoms with Gasteiger partial charge in [0, 0.05) is 21.0 Å². The second-order valence-electron chi connectivity index (χ2n) is 8.00. The molecule has 1 heterocycles. The zero-order valence-electron chi connectivity index (χ0n) is 18.9. The maximum atomic E-state index is 13.3. The van der Waals surface area contributed by atoms with Gasteiger partial charge in [0.2, 0.25) is 0 Å². The number of hydrogen-bond acceptors (Lipinski definition) is 4. The van der Waals surface area contributed by atoms with Crippen molar-refractivity contribution in [2.75, 3.05) is 0 Å². The molecule has 1 aromatic heterocycles. The number of ether oxygens (including phenoxy) is 1. The molecular formula is C26H21Br2Cl2N3O2. The molecule has 0 aliphatic heterocycles. The predicted octanol–water partition coefficient (Wildman–Crippen LogP) is 8.20. The molecule has 0 bridgehead atoms. The topological polar surface area (TPSA) is 56.5 Å². The van der Waals surface area contributed by atoms with Gasteiger partial charge >= 0.3 is 0 Å². The minimum absolute atomic E-state index is 0.0452. The molecule has 1 atom stereocenters. The molecule has 0 aliphatic rings. The van der Waals surface area contributed by atoms with E-state index in [0.717, 1.165) is 16.5 Å². The summed E-state index contributed by atoms with van der Waals surface area (Å²) in [6.45, 7) is 4.35. The van der Waals surface area contributed by atoms with Crippen LogP contribution in [-0.2, 0) is 6.61 Å². The Hall–Kier alpha value is -2.19. The summed E-state index contributed by atoms with van der Waals surface area (Å²) in [6.07, 6.45) is 2.41. The number of rotatable bonds is 7. The van der Waals surface area contributed by atoms with E-state index in [9.17, 15) is 4.79 Å². The zero-order chi connectivity index (χ0) is 25.1. The van der Waals surface area contributed by atoms with E-state index in [2.05, 4.69) is 43.9 Å². The molecule has 0 aliphatic carbocycles. The first-order chi connectivity index (χ1) is 16.8. The molecule has 0 unspecified atom stereocenters. The first-order valence-corrected chi connectivity index (χ1v) is 13.2. The van der Waals surface area contributed by atoms with Crippen molar-refractivity contribution in [3.8, 4) is 5.75 Å². The van der Waals surface area contributed by atoms with Crippen LogP contribution in [0.3, 0.4) is 0 Å². The van der Waals surface area contributed by atoms with Crippen LogP contribution in [0.15, 0.2) is 73.4 Å². The third-order valence-corrected chi connectivity index (χ3v) is 7.29.